The Morgan fingerprint density at radius 1 is 1.48 bits per heavy atom. The number of nitrogens with one attached hydrogen (secondary N) is 2. The van der Waals surface area contributed by atoms with Crippen LogP contribution in [0.4, 0.5) is 0 Å². The van der Waals surface area contributed by atoms with E-state index in [0.717, 1.165) is 30.1 Å². The molecule has 0 amide bonds. The van der Waals surface area contributed by atoms with Gasteiger partial charge >= 0.3 is 0 Å². The maximum atomic E-state index is 4.35. The molecule has 1 saturated heterocycles. The molecule has 0 spiro atoms. The highest BCUT2D eigenvalue weighted by molar-refractivity contribution is 7.11. The summed E-state index contributed by atoms with van der Waals surface area (Å²) in [4.78, 5) is 12.5. The molecule has 0 aromatic carbocycles. The van der Waals surface area contributed by atoms with E-state index in [0.29, 0.717) is 12.0 Å². The van der Waals surface area contributed by atoms with Crippen LogP contribution in [0.15, 0.2) is 11.2 Å². The molecule has 1 aliphatic heterocycles. The summed E-state index contributed by atoms with van der Waals surface area (Å²) < 4.78 is 0. The van der Waals surface area contributed by atoms with Crippen molar-refractivity contribution in [1.29, 1.82) is 0 Å². The van der Waals surface area contributed by atoms with Crippen LogP contribution in [0.2, 0.25) is 0 Å². The van der Waals surface area contributed by atoms with Crippen LogP contribution in [0.1, 0.15) is 29.7 Å². The lowest BCUT2D eigenvalue weighted by Gasteiger charge is -2.20. The van der Waals surface area contributed by atoms with E-state index in [1.165, 1.54) is 24.3 Å². The minimum Gasteiger partial charge on any atom is -0.352 e. The van der Waals surface area contributed by atoms with E-state index >= 15 is 0 Å². The Morgan fingerprint density at radius 2 is 2.29 bits per heavy atom. The topological polar surface area (TPSA) is 52.6 Å². The summed E-state index contributed by atoms with van der Waals surface area (Å²) in [5.41, 5.74) is 0. The van der Waals surface area contributed by atoms with Crippen LogP contribution in [-0.4, -0.2) is 48.1 Å². The lowest BCUT2D eigenvalue weighted by molar-refractivity contribution is 0.315. The predicted octanol–water partition coefficient (Wildman–Crippen LogP) is 1.60. The molecule has 6 heteroatoms. The molecule has 1 aromatic rings. The number of aromatic nitrogens is 1. The second-order valence-electron chi connectivity index (χ2n) is 6.18. The van der Waals surface area contributed by atoms with Gasteiger partial charge in [0.15, 0.2) is 5.96 Å². The molecular formula is C15H25N5S. The van der Waals surface area contributed by atoms with Crippen LogP contribution in [0.25, 0.3) is 0 Å². The third-order valence-corrected chi connectivity index (χ3v) is 5.26. The zero-order valence-electron chi connectivity index (χ0n) is 13.1. The van der Waals surface area contributed by atoms with Crippen molar-refractivity contribution < 1.29 is 0 Å². The molecule has 21 heavy (non-hydrogen) atoms. The van der Waals surface area contributed by atoms with Crippen molar-refractivity contribution in [3.8, 4) is 0 Å². The van der Waals surface area contributed by atoms with Crippen LogP contribution < -0.4 is 10.6 Å². The van der Waals surface area contributed by atoms with Crippen molar-refractivity contribution in [1.82, 2.24) is 20.5 Å². The fraction of sp³-hybridized carbons (Fsp3) is 0.733. The molecule has 2 aliphatic rings. The highest BCUT2D eigenvalue weighted by Crippen LogP contribution is 2.31. The molecule has 3 rings (SSSR count). The summed E-state index contributed by atoms with van der Waals surface area (Å²) in [6, 6.07) is 1.36. The number of aliphatic imine (C=N–C) groups is 1. The molecular weight excluding hydrogens is 282 g/mol. The number of hydrogen-bond donors (Lipinski definition) is 2. The van der Waals surface area contributed by atoms with E-state index in [9.17, 15) is 0 Å². The number of thiazole rings is 1. The van der Waals surface area contributed by atoms with Gasteiger partial charge in [0.1, 0.15) is 0 Å². The van der Waals surface area contributed by atoms with E-state index in [-0.39, 0.29) is 0 Å². The maximum Gasteiger partial charge on any atom is 0.191 e. The third-order valence-electron chi connectivity index (χ3n) is 4.35. The van der Waals surface area contributed by atoms with Gasteiger partial charge in [-0.2, -0.15) is 0 Å². The zero-order valence-corrected chi connectivity index (χ0v) is 13.9. The Balaban J connectivity index is 1.50. The Kier molecular flexibility index (Phi) is 4.45. The summed E-state index contributed by atoms with van der Waals surface area (Å²) in [5.74, 6) is 1.57. The van der Waals surface area contributed by atoms with Crippen molar-refractivity contribution in [2.24, 2.45) is 10.9 Å². The monoisotopic (exact) mass is 307 g/mol. The lowest BCUT2D eigenvalue weighted by atomic mass is 10.1. The van der Waals surface area contributed by atoms with Gasteiger partial charge < -0.3 is 10.6 Å². The minimum absolute atomic E-state index is 0.500. The van der Waals surface area contributed by atoms with Gasteiger partial charge in [0.05, 0.1) is 11.6 Å². The fourth-order valence-corrected chi connectivity index (χ4v) is 3.69. The normalized spacial score (nSPS) is 27.1. The Morgan fingerprint density at radius 3 is 2.90 bits per heavy atom. The molecule has 116 valence electrons. The molecule has 2 N–H and O–H groups in total. The van der Waals surface area contributed by atoms with Crippen molar-refractivity contribution in [3.05, 3.63) is 16.1 Å². The predicted molar refractivity (Wildman–Crippen MR) is 87.7 cm³/mol. The first-order chi connectivity index (χ1) is 10.2. The highest BCUT2D eigenvalue weighted by atomic mass is 32.1. The van der Waals surface area contributed by atoms with Gasteiger partial charge in [-0.15, -0.1) is 11.3 Å². The summed E-state index contributed by atoms with van der Waals surface area (Å²) in [6.45, 7) is 7.52. The zero-order chi connectivity index (χ0) is 14.8. The van der Waals surface area contributed by atoms with Crippen LogP contribution in [0.5, 0.6) is 0 Å². The lowest BCUT2D eigenvalue weighted by Crippen LogP contribution is -2.46. The summed E-state index contributed by atoms with van der Waals surface area (Å²) >= 11 is 1.73. The summed E-state index contributed by atoms with van der Waals surface area (Å²) in [7, 11) is 1.84. The number of guanidine groups is 1. The largest absolute Gasteiger partial charge is 0.352 e. The molecule has 0 bridgehead atoms. The Bertz CT molecular complexity index is 508. The number of nitrogens with zero attached hydrogens (tertiary/aromatic N) is 3. The molecule has 1 saturated carbocycles. The van der Waals surface area contributed by atoms with Gasteiger partial charge in [-0.05, 0) is 25.7 Å². The number of hydrogen-bond acceptors (Lipinski definition) is 4. The van der Waals surface area contributed by atoms with Crippen molar-refractivity contribution >= 4 is 17.3 Å². The first kappa shape index (κ1) is 14.8. The molecule has 0 radical (unpaired) electrons. The Hall–Kier alpha value is -1.14. The third kappa shape index (κ3) is 3.74. The first-order valence-electron chi connectivity index (χ1n) is 7.78. The van der Waals surface area contributed by atoms with Gasteiger partial charge in [-0.25, -0.2) is 4.98 Å². The van der Waals surface area contributed by atoms with Crippen LogP contribution in [0, 0.1) is 12.8 Å². The number of rotatable bonds is 4. The highest BCUT2D eigenvalue weighted by Gasteiger charge is 2.38. The van der Waals surface area contributed by atoms with Crippen LogP contribution in [0.3, 0.4) is 0 Å². The molecule has 2 fully saturated rings. The molecule has 1 aromatic heterocycles. The second kappa shape index (κ2) is 6.32. The fourth-order valence-electron chi connectivity index (χ4n) is 2.96. The molecule has 2 heterocycles. The van der Waals surface area contributed by atoms with Crippen LogP contribution in [-0.2, 0) is 6.54 Å². The smallest absolute Gasteiger partial charge is 0.191 e. The average Bonchev–Trinajstić information content (AvgIpc) is 3.14. The summed E-state index contributed by atoms with van der Waals surface area (Å²) in [5, 5.41) is 8.09. The Labute approximate surface area is 130 Å². The van der Waals surface area contributed by atoms with Gasteiger partial charge in [-0.3, -0.25) is 9.89 Å². The number of likely N-dealkylation sites (tertiary alicyclic amines) is 1. The van der Waals surface area contributed by atoms with Gasteiger partial charge in [0, 0.05) is 43.3 Å². The van der Waals surface area contributed by atoms with Gasteiger partial charge in [-0.1, -0.05) is 6.92 Å². The van der Waals surface area contributed by atoms with Gasteiger partial charge in [0.25, 0.3) is 0 Å². The molecule has 5 nitrogen and oxygen atoms in total. The van der Waals surface area contributed by atoms with E-state index in [4.69, 9.17) is 0 Å². The second-order valence-corrected chi connectivity index (χ2v) is 7.50. The maximum absolute atomic E-state index is 4.35. The SMILES string of the molecule is CN=C(NCc1cnc(C)s1)NC1CN(C2CC2)CC1C. The van der Waals surface area contributed by atoms with E-state index < -0.39 is 0 Å². The van der Waals surface area contributed by atoms with E-state index in [2.05, 4.69) is 32.4 Å². The van der Waals surface area contributed by atoms with Crippen molar-refractivity contribution in [2.75, 3.05) is 20.1 Å². The molecule has 2 atom stereocenters. The van der Waals surface area contributed by atoms with Crippen LogP contribution >= 0.6 is 11.3 Å². The van der Waals surface area contributed by atoms with E-state index in [1.807, 2.05) is 20.2 Å². The number of aryl methyl sites for hydroxylation is 1. The quantitative estimate of drug-likeness (QED) is 0.655. The van der Waals surface area contributed by atoms with Crippen molar-refractivity contribution in [3.63, 3.8) is 0 Å². The molecule has 2 unspecified atom stereocenters. The van der Waals surface area contributed by atoms with Crippen molar-refractivity contribution in [2.45, 2.75) is 45.3 Å². The molecule has 1 aliphatic carbocycles. The van der Waals surface area contributed by atoms with E-state index in [1.54, 1.807) is 11.3 Å². The standard InChI is InChI=1S/C15H25N5S/c1-10-8-20(12-4-5-12)9-14(10)19-15(16-3)18-7-13-6-17-11(2)21-13/h6,10,12,14H,4-5,7-9H2,1-3H3,(H2,16,18,19). The average molecular weight is 307 g/mol. The summed E-state index contributed by atoms with van der Waals surface area (Å²) in [6.07, 6.45) is 4.71. The minimum atomic E-state index is 0.500. The first-order valence-corrected chi connectivity index (χ1v) is 8.60. The van der Waals surface area contributed by atoms with Gasteiger partial charge in [0.2, 0.25) is 0 Å².